The van der Waals surface area contributed by atoms with Crippen molar-refractivity contribution in [2.75, 3.05) is 0 Å². The van der Waals surface area contributed by atoms with Gasteiger partial charge in [-0.1, -0.05) is 78.4 Å². The molecule has 160 valence electrons. The SMILES string of the molecule is Cc1ccc(S(=O)(=O)N[C@H](c2ccccc2)[C@@H]2C(=O)CCC[C@H]2c2ccccc2)cc1. The molecule has 0 aromatic heterocycles. The second-order valence-corrected chi connectivity index (χ2v) is 9.94. The number of aryl methyl sites for hydroxylation is 1. The standard InChI is InChI=1S/C26H27NO3S/c1-19-15-17-22(18-16-19)31(29,30)27-26(21-11-6-3-7-12-21)25-23(13-8-14-24(25)28)20-9-4-2-5-10-20/h2-7,9-12,15-18,23,25-27H,8,13-14H2,1H3/t23-,25-,26+/m0/s1. The van der Waals surface area contributed by atoms with Gasteiger partial charge in [-0.3, -0.25) is 4.79 Å². The van der Waals surface area contributed by atoms with Gasteiger partial charge in [-0.05, 0) is 48.9 Å². The summed E-state index contributed by atoms with van der Waals surface area (Å²) in [5.74, 6) is -0.382. The third-order valence-electron chi connectivity index (χ3n) is 6.10. The highest BCUT2D eigenvalue weighted by Gasteiger charge is 2.41. The van der Waals surface area contributed by atoms with Gasteiger partial charge >= 0.3 is 0 Å². The Balaban J connectivity index is 1.77. The summed E-state index contributed by atoms with van der Waals surface area (Å²) in [4.78, 5) is 13.4. The molecule has 0 amide bonds. The van der Waals surface area contributed by atoms with Crippen LogP contribution in [0.1, 0.15) is 47.9 Å². The van der Waals surface area contributed by atoms with E-state index in [9.17, 15) is 13.2 Å². The first-order chi connectivity index (χ1) is 15.0. The highest BCUT2D eigenvalue weighted by atomic mass is 32.2. The van der Waals surface area contributed by atoms with Crippen LogP contribution in [0.15, 0.2) is 89.8 Å². The van der Waals surface area contributed by atoms with Crippen molar-refractivity contribution in [2.45, 2.75) is 43.0 Å². The summed E-state index contributed by atoms with van der Waals surface area (Å²) in [5.41, 5.74) is 2.88. The van der Waals surface area contributed by atoms with Crippen molar-refractivity contribution in [2.24, 2.45) is 5.92 Å². The van der Waals surface area contributed by atoms with E-state index in [4.69, 9.17) is 0 Å². The third kappa shape index (κ3) is 4.78. The molecule has 0 heterocycles. The minimum Gasteiger partial charge on any atom is -0.299 e. The van der Waals surface area contributed by atoms with Crippen molar-refractivity contribution in [1.82, 2.24) is 4.72 Å². The smallest absolute Gasteiger partial charge is 0.241 e. The number of Topliss-reactive ketones (excluding diaryl/α,β-unsaturated/α-hetero) is 1. The highest BCUT2D eigenvalue weighted by molar-refractivity contribution is 7.89. The Morgan fingerprint density at radius 2 is 1.48 bits per heavy atom. The zero-order valence-corrected chi connectivity index (χ0v) is 18.4. The lowest BCUT2D eigenvalue weighted by Gasteiger charge is -2.37. The highest BCUT2D eigenvalue weighted by Crippen LogP contribution is 2.43. The van der Waals surface area contributed by atoms with E-state index in [2.05, 4.69) is 4.72 Å². The molecule has 0 spiro atoms. The number of sulfonamides is 1. The van der Waals surface area contributed by atoms with Crippen LogP contribution in [-0.4, -0.2) is 14.2 Å². The Labute approximate surface area is 184 Å². The summed E-state index contributed by atoms with van der Waals surface area (Å²) in [5, 5.41) is 0. The van der Waals surface area contributed by atoms with Crippen molar-refractivity contribution in [3.05, 3.63) is 102 Å². The number of carbonyl (C=O) groups excluding carboxylic acids is 1. The monoisotopic (exact) mass is 433 g/mol. The minimum absolute atomic E-state index is 0.0339. The van der Waals surface area contributed by atoms with E-state index in [-0.39, 0.29) is 16.6 Å². The largest absolute Gasteiger partial charge is 0.299 e. The second kappa shape index (κ2) is 9.16. The van der Waals surface area contributed by atoms with Crippen molar-refractivity contribution >= 4 is 15.8 Å². The predicted molar refractivity (Wildman–Crippen MR) is 122 cm³/mol. The molecule has 0 saturated heterocycles. The summed E-state index contributed by atoms with van der Waals surface area (Å²) >= 11 is 0. The van der Waals surface area contributed by atoms with E-state index in [1.807, 2.05) is 67.6 Å². The molecule has 1 fully saturated rings. The molecule has 4 nitrogen and oxygen atoms in total. The number of ketones is 1. The van der Waals surface area contributed by atoms with Crippen LogP contribution in [0.5, 0.6) is 0 Å². The third-order valence-corrected chi connectivity index (χ3v) is 7.56. The zero-order chi connectivity index (χ0) is 21.8. The van der Waals surface area contributed by atoms with Gasteiger partial charge in [0.25, 0.3) is 0 Å². The fourth-order valence-corrected chi connectivity index (χ4v) is 5.77. The Bertz CT molecular complexity index is 1130. The lowest BCUT2D eigenvalue weighted by Crippen LogP contribution is -2.41. The molecule has 1 saturated carbocycles. The molecule has 3 aromatic rings. The summed E-state index contributed by atoms with van der Waals surface area (Å²) in [6, 6.07) is 25.6. The summed E-state index contributed by atoms with van der Waals surface area (Å²) in [6.45, 7) is 1.92. The van der Waals surface area contributed by atoms with Gasteiger partial charge in [0.1, 0.15) is 5.78 Å². The first-order valence-electron chi connectivity index (χ1n) is 10.7. The van der Waals surface area contributed by atoms with Crippen molar-refractivity contribution < 1.29 is 13.2 Å². The first kappa shape index (κ1) is 21.5. The number of hydrogen-bond acceptors (Lipinski definition) is 3. The average Bonchev–Trinajstić information content (AvgIpc) is 2.79. The minimum atomic E-state index is -3.80. The number of hydrogen-bond donors (Lipinski definition) is 1. The quantitative estimate of drug-likeness (QED) is 0.583. The molecular weight excluding hydrogens is 406 g/mol. The molecule has 0 bridgehead atoms. The van der Waals surface area contributed by atoms with E-state index in [1.54, 1.807) is 24.3 Å². The maximum Gasteiger partial charge on any atom is 0.241 e. The van der Waals surface area contributed by atoms with Gasteiger partial charge in [-0.2, -0.15) is 0 Å². The summed E-state index contributed by atoms with van der Waals surface area (Å²) in [7, 11) is -3.80. The molecule has 1 N–H and O–H groups in total. The Morgan fingerprint density at radius 1 is 0.871 bits per heavy atom. The maximum absolute atomic E-state index is 13.3. The zero-order valence-electron chi connectivity index (χ0n) is 17.6. The van der Waals surface area contributed by atoms with Crippen LogP contribution < -0.4 is 4.72 Å². The fraction of sp³-hybridized carbons (Fsp3) is 0.269. The van der Waals surface area contributed by atoms with Crippen LogP contribution in [0.3, 0.4) is 0 Å². The van der Waals surface area contributed by atoms with Crippen LogP contribution in [0.4, 0.5) is 0 Å². The van der Waals surface area contributed by atoms with E-state index in [0.29, 0.717) is 6.42 Å². The molecule has 4 rings (SSSR count). The molecular formula is C26H27NO3S. The van der Waals surface area contributed by atoms with Gasteiger partial charge in [-0.15, -0.1) is 0 Å². The lowest BCUT2D eigenvalue weighted by atomic mass is 9.70. The first-order valence-corrected chi connectivity index (χ1v) is 12.2. The Morgan fingerprint density at radius 3 is 2.13 bits per heavy atom. The van der Waals surface area contributed by atoms with Crippen LogP contribution in [0.25, 0.3) is 0 Å². The van der Waals surface area contributed by atoms with Gasteiger partial charge in [0, 0.05) is 12.3 Å². The normalized spacial score (nSPS) is 20.4. The predicted octanol–water partition coefficient (Wildman–Crippen LogP) is 5.17. The van der Waals surface area contributed by atoms with Gasteiger partial charge in [-0.25, -0.2) is 13.1 Å². The summed E-state index contributed by atoms with van der Waals surface area (Å²) < 4.78 is 29.5. The lowest BCUT2D eigenvalue weighted by molar-refractivity contribution is -0.126. The molecule has 0 aliphatic heterocycles. The molecule has 0 unspecified atom stereocenters. The van der Waals surface area contributed by atoms with E-state index in [1.165, 1.54) is 0 Å². The fourth-order valence-electron chi connectivity index (χ4n) is 4.52. The van der Waals surface area contributed by atoms with Gasteiger partial charge in [0.2, 0.25) is 10.0 Å². The van der Waals surface area contributed by atoms with Crippen LogP contribution >= 0.6 is 0 Å². The molecule has 1 aliphatic rings. The van der Waals surface area contributed by atoms with Gasteiger partial charge < -0.3 is 0 Å². The Kier molecular flexibility index (Phi) is 6.35. The molecule has 5 heteroatoms. The van der Waals surface area contributed by atoms with Crippen molar-refractivity contribution in [3.63, 3.8) is 0 Å². The van der Waals surface area contributed by atoms with E-state index in [0.717, 1.165) is 29.5 Å². The maximum atomic E-state index is 13.3. The molecule has 31 heavy (non-hydrogen) atoms. The molecule has 3 atom stereocenters. The average molecular weight is 434 g/mol. The van der Waals surface area contributed by atoms with Gasteiger partial charge in [0.15, 0.2) is 0 Å². The van der Waals surface area contributed by atoms with E-state index >= 15 is 0 Å². The topological polar surface area (TPSA) is 63.2 Å². The van der Waals surface area contributed by atoms with Crippen LogP contribution in [0.2, 0.25) is 0 Å². The van der Waals surface area contributed by atoms with E-state index < -0.39 is 22.0 Å². The van der Waals surface area contributed by atoms with Crippen molar-refractivity contribution in [1.29, 1.82) is 0 Å². The molecule has 1 aliphatic carbocycles. The number of benzene rings is 3. The molecule has 0 radical (unpaired) electrons. The van der Waals surface area contributed by atoms with Crippen molar-refractivity contribution in [3.8, 4) is 0 Å². The Hall–Kier alpha value is -2.76. The van der Waals surface area contributed by atoms with Gasteiger partial charge in [0.05, 0.1) is 10.9 Å². The van der Waals surface area contributed by atoms with Crippen LogP contribution in [-0.2, 0) is 14.8 Å². The summed E-state index contributed by atoms with van der Waals surface area (Å²) in [6.07, 6.45) is 2.15. The number of carbonyl (C=O) groups is 1. The molecule has 3 aromatic carbocycles. The van der Waals surface area contributed by atoms with Crippen LogP contribution in [0, 0.1) is 12.8 Å². The number of rotatable bonds is 6. The second-order valence-electron chi connectivity index (χ2n) is 8.22. The number of nitrogens with one attached hydrogen (secondary N) is 1.